The molecule has 3 heterocycles. The summed E-state index contributed by atoms with van der Waals surface area (Å²) < 4.78 is 25.3. The van der Waals surface area contributed by atoms with Gasteiger partial charge in [0.2, 0.25) is 0 Å². The van der Waals surface area contributed by atoms with Crippen molar-refractivity contribution in [1.29, 1.82) is 0 Å². The van der Waals surface area contributed by atoms with Crippen molar-refractivity contribution in [2.75, 3.05) is 33.9 Å². The van der Waals surface area contributed by atoms with Gasteiger partial charge in [-0.15, -0.1) is 0 Å². The lowest BCUT2D eigenvalue weighted by molar-refractivity contribution is -0.143. The molecule has 10 nitrogen and oxygen atoms in total. The number of thiazole rings is 1. The van der Waals surface area contributed by atoms with E-state index >= 15 is 0 Å². The van der Waals surface area contributed by atoms with Crippen LogP contribution in [0.2, 0.25) is 0 Å². The number of hydrogen-bond donors (Lipinski definition) is 0. The number of likely N-dealkylation sites (tertiary alicyclic amines) is 1. The van der Waals surface area contributed by atoms with Crippen LogP contribution in [-0.4, -0.2) is 61.4 Å². The van der Waals surface area contributed by atoms with Crippen LogP contribution in [0, 0.1) is 0 Å². The molecule has 2 aliphatic rings. The molecule has 12 heteroatoms. The lowest BCUT2D eigenvalue weighted by Crippen LogP contribution is -2.40. The fraction of sp³-hybridized carbons (Fsp3) is 0.375. The van der Waals surface area contributed by atoms with E-state index in [-0.39, 0.29) is 29.8 Å². The van der Waals surface area contributed by atoms with Crippen LogP contribution >= 0.6 is 27.3 Å². The van der Waals surface area contributed by atoms with Gasteiger partial charge in [-0.3, -0.25) is 14.2 Å². The fourth-order valence-electron chi connectivity index (χ4n) is 5.32. The highest BCUT2D eigenvalue weighted by Crippen LogP contribution is 2.37. The first-order chi connectivity index (χ1) is 21.1. The van der Waals surface area contributed by atoms with E-state index in [9.17, 15) is 14.4 Å². The summed E-state index contributed by atoms with van der Waals surface area (Å²) >= 11 is 4.74. The Balaban J connectivity index is 1.56. The van der Waals surface area contributed by atoms with E-state index < -0.39 is 12.0 Å². The third-order valence-electron chi connectivity index (χ3n) is 7.37. The lowest BCUT2D eigenvalue weighted by Gasteiger charge is -2.26. The average Bonchev–Trinajstić information content (AvgIpc) is 3.63. The molecule has 1 fully saturated rings. The van der Waals surface area contributed by atoms with Gasteiger partial charge >= 0.3 is 5.97 Å². The maximum absolute atomic E-state index is 14.1. The Hall–Kier alpha value is -3.90. The summed E-state index contributed by atoms with van der Waals surface area (Å²) in [5.41, 5.74) is 1.71. The topological polar surface area (TPSA) is 109 Å². The van der Waals surface area contributed by atoms with E-state index in [0.29, 0.717) is 43.4 Å². The number of carbonyl (C=O) groups excluding carboxylic acids is 2. The lowest BCUT2D eigenvalue weighted by atomic mass is 9.95. The van der Waals surface area contributed by atoms with Gasteiger partial charge in [0.05, 0.1) is 36.1 Å². The summed E-state index contributed by atoms with van der Waals surface area (Å²) in [6, 6.07) is 9.88. The van der Waals surface area contributed by atoms with Crippen LogP contribution in [0.1, 0.15) is 50.8 Å². The Morgan fingerprint density at radius 2 is 1.77 bits per heavy atom. The second kappa shape index (κ2) is 13.4. The number of halogens is 1. The van der Waals surface area contributed by atoms with E-state index in [2.05, 4.69) is 20.9 Å². The van der Waals surface area contributed by atoms with E-state index in [1.54, 1.807) is 63.1 Å². The quantitative estimate of drug-likeness (QED) is 0.314. The molecule has 5 rings (SSSR count). The molecule has 3 aromatic rings. The summed E-state index contributed by atoms with van der Waals surface area (Å²) in [5, 5.41) is 0. The number of rotatable bonds is 9. The Bertz CT molecular complexity index is 1800. The normalized spacial score (nSPS) is 16.6. The summed E-state index contributed by atoms with van der Waals surface area (Å²) in [6.45, 7) is 6.72. The van der Waals surface area contributed by atoms with Gasteiger partial charge in [-0.05, 0) is 75.6 Å². The Kier molecular flexibility index (Phi) is 9.59. The maximum Gasteiger partial charge on any atom is 0.338 e. The van der Waals surface area contributed by atoms with Crippen molar-refractivity contribution in [3.05, 3.63) is 83.0 Å². The maximum atomic E-state index is 14.1. The van der Waals surface area contributed by atoms with Gasteiger partial charge < -0.3 is 23.8 Å². The van der Waals surface area contributed by atoms with Crippen LogP contribution in [0.25, 0.3) is 6.08 Å². The van der Waals surface area contributed by atoms with E-state index in [1.807, 2.05) is 12.1 Å². The second-order valence-corrected chi connectivity index (χ2v) is 12.6. The second-order valence-electron chi connectivity index (χ2n) is 10.7. The molecule has 2 aliphatic heterocycles. The van der Waals surface area contributed by atoms with Crippen molar-refractivity contribution in [3.63, 3.8) is 0 Å². The molecule has 0 unspecified atom stereocenters. The van der Waals surface area contributed by atoms with Crippen molar-refractivity contribution in [2.45, 2.75) is 45.8 Å². The molecule has 232 valence electrons. The first-order valence-corrected chi connectivity index (χ1v) is 15.9. The third-order valence-corrected chi connectivity index (χ3v) is 8.84. The van der Waals surface area contributed by atoms with Crippen molar-refractivity contribution in [3.8, 4) is 17.2 Å². The molecule has 0 bridgehead atoms. The smallest absolute Gasteiger partial charge is 0.338 e. The number of hydrogen-bond acceptors (Lipinski definition) is 9. The number of ether oxygens (including phenoxy) is 4. The van der Waals surface area contributed by atoms with Gasteiger partial charge in [-0.25, -0.2) is 9.79 Å². The molecule has 44 heavy (non-hydrogen) atoms. The Morgan fingerprint density at radius 1 is 1.07 bits per heavy atom. The van der Waals surface area contributed by atoms with Crippen LogP contribution in [-0.2, 0) is 14.3 Å². The number of amides is 1. The Morgan fingerprint density at radius 3 is 2.45 bits per heavy atom. The predicted molar refractivity (Wildman–Crippen MR) is 170 cm³/mol. The van der Waals surface area contributed by atoms with Gasteiger partial charge in [0.15, 0.2) is 22.9 Å². The Labute approximate surface area is 267 Å². The number of carbonyl (C=O) groups is 2. The molecule has 1 aromatic heterocycles. The number of allylic oxidation sites excluding steroid dienone is 1. The standard InChI is InChI=1S/C32H34BrN3O7S/c1-18(2)43-31(39)28-19(3)34-32-36(29(28)22-16-21(33)9-11-23(22)40-4)30(38)26(44-32)15-20-8-10-24(25(14-20)41-5)42-17-27(37)35-12-6-7-13-35/h8-11,14-16,18,29H,6-7,12-13,17H2,1-5H3/b26-15-/t29-/m1/s1. The SMILES string of the molecule is COc1cc(/C=c2\sc3n(c2=O)[C@H](c2cc(Br)ccc2OC)C(C(=O)OC(C)C)=C(C)N=3)ccc1OCC(=O)N1CCCC1. The van der Waals surface area contributed by atoms with Crippen LogP contribution < -0.4 is 29.1 Å². The predicted octanol–water partition coefficient (Wildman–Crippen LogP) is 3.97. The number of fused-ring (bicyclic) bond motifs is 1. The number of methoxy groups -OCH3 is 2. The molecule has 0 N–H and O–H groups in total. The number of aromatic nitrogens is 1. The van der Waals surface area contributed by atoms with Crippen LogP contribution in [0.4, 0.5) is 0 Å². The van der Waals surface area contributed by atoms with Gasteiger partial charge in [0.25, 0.3) is 11.5 Å². The fourth-order valence-corrected chi connectivity index (χ4v) is 6.74. The van der Waals surface area contributed by atoms with Gasteiger partial charge in [0.1, 0.15) is 11.8 Å². The summed E-state index contributed by atoms with van der Waals surface area (Å²) in [6.07, 6.45) is 3.40. The summed E-state index contributed by atoms with van der Waals surface area (Å²) in [4.78, 5) is 46.8. The molecule has 1 saturated heterocycles. The molecular weight excluding hydrogens is 650 g/mol. The number of nitrogens with zero attached hydrogens (tertiary/aromatic N) is 3. The van der Waals surface area contributed by atoms with Gasteiger partial charge in [0, 0.05) is 23.1 Å². The molecule has 0 spiro atoms. The van der Waals surface area contributed by atoms with Crippen molar-refractivity contribution >= 4 is 45.2 Å². The zero-order valence-corrected chi connectivity index (χ0v) is 27.6. The first-order valence-electron chi connectivity index (χ1n) is 14.3. The van der Waals surface area contributed by atoms with Crippen LogP contribution in [0.5, 0.6) is 17.2 Å². The third kappa shape index (κ3) is 6.46. The molecule has 1 atom stereocenters. The highest BCUT2D eigenvalue weighted by molar-refractivity contribution is 9.10. The zero-order valence-electron chi connectivity index (χ0n) is 25.2. The summed E-state index contributed by atoms with van der Waals surface area (Å²) in [5.74, 6) is 0.779. The zero-order chi connectivity index (χ0) is 31.5. The molecule has 1 amide bonds. The minimum Gasteiger partial charge on any atom is -0.496 e. The van der Waals surface area contributed by atoms with E-state index in [1.165, 1.54) is 23.0 Å². The van der Waals surface area contributed by atoms with Crippen molar-refractivity contribution in [2.24, 2.45) is 4.99 Å². The minimum atomic E-state index is -0.828. The first kappa shape index (κ1) is 31.5. The van der Waals surface area contributed by atoms with Crippen molar-refractivity contribution in [1.82, 2.24) is 9.47 Å². The van der Waals surface area contributed by atoms with Crippen LogP contribution in [0.15, 0.2) is 61.9 Å². The van der Waals surface area contributed by atoms with Crippen LogP contribution in [0.3, 0.4) is 0 Å². The highest BCUT2D eigenvalue weighted by atomic mass is 79.9. The minimum absolute atomic E-state index is 0.0571. The average molecular weight is 685 g/mol. The van der Waals surface area contributed by atoms with Crippen molar-refractivity contribution < 1.29 is 28.5 Å². The largest absolute Gasteiger partial charge is 0.496 e. The van der Waals surface area contributed by atoms with E-state index in [0.717, 1.165) is 30.4 Å². The molecular formula is C32H34BrN3O7S. The molecule has 0 radical (unpaired) electrons. The molecule has 0 saturated carbocycles. The van der Waals surface area contributed by atoms with Gasteiger partial charge in [-0.2, -0.15) is 0 Å². The molecule has 0 aliphatic carbocycles. The highest BCUT2D eigenvalue weighted by Gasteiger charge is 2.35. The number of esters is 1. The monoisotopic (exact) mass is 683 g/mol. The summed E-state index contributed by atoms with van der Waals surface area (Å²) in [7, 11) is 3.07. The number of benzene rings is 2. The van der Waals surface area contributed by atoms with E-state index in [4.69, 9.17) is 18.9 Å². The van der Waals surface area contributed by atoms with Gasteiger partial charge in [-0.1, -0.05) is 33.3 Å². The molecule has 2 aromatic carbocycles.